The van der Waals surface area contributed by atoms with Crippen LogP contribution in [0.25, 0.3) is 11.0 Å². The van der Waals surface area contributed by atoms with E-state index in [9.17, 15) is 14.7 Å². The summed E-state index contributed by atoms with van der Waals surface area (Å²) < 4.78 is 5.62. The summed E-state index contributed by atoms with van der Waals surface area (Å²) in [6.45, 7) is 3.83. The maximum absolute atomic E-state index is 13.1. The number of anilines is 1. The molecule has 0 saturated heterocycles. The molecule has 0 radical (unpaired) electrons. The van der Waals surface area contributed by atoms with Crippen LogP contribution in [0.15, 0.2) is 34.0 Å². The van der Waals surface area contributed by atoms with Crippen LogP contribution in [-0.2, 0) is 14.3 Å². The van der Waals surface area contributed by atoms with Crippen molar-refractivity contribution in [3.05, 3.63) is 29.0 Å². The van der Waals surface area contributed by atoms with E-state index >= 15 is 0 Å². The van der Waals surface area contributed by atoms with Gasteiger partial charge in [-0.05, 0) is 41.9 Å². The standard InChI is InChI=1S/C17H18BrN5O4/c1-9(24)16(26)27-10(2)15(25)23(17-21-7-8-22-17)12-4-3-11-14(13(12)18)20-6-5-19-11/h3-6,9-10,24H,7-8H2,1-2H3,(H,21,22)/t9-,10-/m0/s1. The molecular formula is C17H18BrN5O4. The SMILES string of the molecule is C[C@H](O)C(=O)O[C@@H](C)C(=O)N(C1=NCCN1)c1ccc2nccnc2c1Br. The molecule has 0 spiro atoms. The number of nitrogens with zero attached hydrogens (tertiary/aromatic N) is 4. The van der Waals surface area contributed by atoms with Crippen molar-refractivity contribution in [2.45, 2.75) is 26.1 Å². The predicted octanol–water partition coefficient (Wildman–Crippen LogP) is 0.997. The molecule has 10 heteroatoms. The minimum absolute atomic E-state index is 0.351. The van der Waals surface area contributed by atoms with Gasteiger partial charge in [-0.15, -0.1) is 0 Å². The summed E-state index contributed by atoms with van der Waals surface area (Å²) in [6, 6.07) is 3.45. The number of carbonyl (C=O) groups excluding carboxylic acids is 2. The Hall–Kier alpha value is -2.59. The third-order valence-corrected chi connectivity index (χ3v) is 4.65. The van der Waals surface area contributed by atoms with Crippen molar-refractivity contribution in [2.75, 3.05) is 18.0 Å². The van der Waals surface area contributed by atoms with Crippen LogP contribution in [0, 0.1) is 0 Å². The molecule has 3 rings (SSSR count). The van der Waals surface area contributed by atoms with E-state index in [4.69, 9.17) is 4.74 Å². The van der Waals surface area contributed by atoms with Crippen LogP contribution in [0.5, 0.6) is 0 Å². The monoisotopic (exact) mass is 435 g/mol. The highest BCUT2D eigenvalue weighted by atomic mass is 79.9. The molecule has 1 aliphatic rings. The lowest BCUT2D eigenvalue weighted by molar-refractivity contribution is -0.161. The average Bonchev–Trinajstić information content (AvgIpc) is 3.18. The predicted molar refractivity (Wildman–Crippen MR) is 102 cm³/mol. The van der Waals surface area contributed by atoms with Gasteiger partial charge < -0.3 is 15.2 Å². The molecule has 2 atom stereocenters. The quantitative estimate of drug-likeness (QED) is 0.687. The van der Waals surface area contributed by atoms with E-state index in [-0.39, 0.29) is 0 Å². The van der Waals surface area contributed by atoms with Gasteiger partial charge in [0.2, 0.25) is 5.96 Å². The second kappa shape index (κ2) is 7.97. The number of hydrogen-bond acceptors (Lipinski definition) is 8. The second-order valence-corrected chi connectivity index (χ2v) is 6.68. The van der Waals surface area contributed by atoms with Crippen LogP contribution < -0.4 is 10.2 Å². The highest BCUT2D eigenvalue weighted by molar-refractivity contribution is 9.10. The van der Waals surface area contributed by atoms with Crippen molar-refractivity contribution >= 4 is 50.5 Å². The first-order valence-corrected chi connectivity index (χ1v) is 9.09. The van der Waals surface area contributed by atoms with Crippen LogP contribution >= 0.6 is 15.9 Å². The van der Waals surface area contributed by atoms with Crippen molar-refractivity contribution in [3.63, 3.8) is 0 Å². The normalized spacial score (nSPS) is 15.6. The number of rotatable bonds is 4. The van der Waals surface area contributed by atoms with E-state index in [1.165, 1.54) is 18.7 Å². The number of esters is 1. The maximum atomic E-state index is 13.1. The molecular weight excluding hydrogens is 418 g/mol. The molecule has 0 saturated carbocycles. The molecule has 1 aliphatic heterocycles. The van der Waals surface area contributed by atoms with Gasteiger partial charge in [-0.2, -0.15) is 0 Å². The van der Waals surface area contributed by atoms with Crippen molar-refractivity contribution in [3.8, 4) is 0 Å². The number of ether oxygens (including phenoxy) is 1. The largest absolute Gasteiger partial charge is 0.451 e. The molecule has 0 aliphatic carbocycles. The zero-order valence-electron chi connectivity index (χ0n) is 14.7. The third-order valence-electron chi connectivity index (χ3n) is 3.87. The zero-order valence-corrected chi connectivity index (χ0v) is 16.3. The van der Waals surface area contributed by atoms with Crippen LogP contribution in [-0.4, -0.2) is 58.2 Å². The van der Waals surface area contributed by atoms with Crippen LogP contribution in [0.4, 0.5) is 5.69 Å². The van der Waals surface area contributed by atoms with E-state index in [0.717, 1.165) is 0 Å². The number of aromatic nitrogens is 2. The Morgan fingerprint density at radius 1 is 1.30 bits per heavy atom. The number of aliphatic imine (C=N–C) groups is 1. The van der Waals surface area contributed by atoms with Gasteiger partial charge in [0.25, 0.3) is 5.91 Å². The molecule has 2 aromatic rings. The average molecular weight is 436 g/mol. The number of amides is 1. The van der Waals surface area contributed by atoms with Crippen molar-refractivity contribution in [2.24, 2.45) is 4.99 Å². The van der Waals surface area contributed by atoms with Crippen molar-refractivity contribution in [1.29, 1.82) is 0 Å². The van der Waals surface area contributed by atoms with Crippen molar-refractivity contribution in [1.82, 2.24) is 15.3 Å². The first-order valence-electron chi connectivity index (χ1n) is 8.30. The number of carbonyl (C=O) groups is 2. The van der Waals surface area contributed by atoms with Gasteiger partial charge in [0.15, 0.2) is 6.10 Å². The molecule has 1 aromatic heterocycles. The third kappa shape index (κ3) is 3.91. The highest BCUT2D eigenvalue weighted by Gasteiger charge is 2.32. The lowest BCUT2D eigenvalue weighted by Crippen LogP contribution is -2.48. The molecule has 27 heavy (non-hydrogen) atoms. The lowest BCUT2D eigenvalue weighted by atomic mass is 10.2. The molecule has 0 fully saturated rings. The topological polar surface area (TPSA) is 117 Å². The molecule has 142 valence electrons. The molecule has 2 N–H and O–H groups in total. The van der Waals surface area contributed by atoms with Gasteiger partial charge in [0.1, 0.15) is 11.6 Å². The summed E-state index contributed by atoms with van der Waals surface area (Å²) in [7, 11) is 0. The fourth-order valence-corrected chi connectivity index (χ4v) is 3.16. The smallest absolute Gasteiger partial charge is 0.335 e. The van der Waals surface area contributed by atoms with Crippen LogP contribution in [0.2, 0.25) is 0 Å². The molecule has 2 heterocycles. The van der Waals surface area contributed by atoms with Gasteiger partial charge in [0, 0.05) is 18.9 Å². The Morgan fingerprint density at radius 2 is 2.04 bits per heavy atom. The summed E-state index contributed by atoms with van der Waals surface area (Å²) in [5, 5.41) is 12.4. The Labute approximate surface area is 163 Å². The highest BCUT2D eigenvalue weighted by Crippen LogP contribution is 2.33. The number of halogens is 1. The van der Waals surface area contributed by atoms with Gasteiger partial charge >= 0.3 is 5.97 Å². The molecule has 9 nitrogen and oxygen atoms in total. The van der Waals surface area contributed by atoms with Crippen LogP contribution in [0.3, 0.4) is 0 Å². The van der Waals surface area contributed by atoms with E-state index in [0.29, 0.717) is 40.2 Å². The Bertz CT molecular complexity index is 917. The minimum atomic E-state index is -1.32. The second-order valence-electron chi connectivity index (χ2n) is 5.88. The summed E-state index contributed by atoms with van der Waals surface area (Å²) in [5.41, 5.74) is 1.73. The zero-order chi connectivity index (χ0) is 19.6. The Balaban J connectivity index is 2.01. The number of nitrogens with one attached hydrogen (secondary N) is 1. The van der Waals surface area contributed by atoms with Crippen LogP contribution in [0.1, 0.15) is 13.8 Å². The first-order chi connectivity index (χ1) is 12.9. The fraction of sp³-hybridized carbons (Fsp3) is 0.353. The molecule has 0 unspecified atom stereocenters. The summed E-state index contributed by atoms with van der Waals surface area (Å²) in [5.74, 6) is -1.04. The summed E-state index contributed by atoms with van der Waals surface area (Å²) in [6.07, 6.45) is 0.693. The van der Waals surface area contributed by atoms with Gasteiger partial charge in [0.05, 0.1) is 22.2 Å². The lowest BCUT2D eigenvalue weighted by Gasteiger charge is -2.26. The molecule has 0 bridgehead atoms. The fourth-order valence-electron chi connectivity index (χ4n) is 2.54. The van der Waals surface area contributed by atoms with E-state index in [1.54, 1.807) is 24.5 Å². The summed E-state index contributed by atoms with van der Waals surface area (Å²) in [4.78, 5) is 38.9. The first kappa shape index (κ1) is 19.2. The van der Waals surface area contributed by atoms with Crippen molar-refractivity contribution < 1.29 is 19.4 Å². The number of guanidine groups is 1. The number of benzene rings is 1. The van der Waals surface area contributed by atoms with Gasteiger partial charge in [-0.25, -0.2) is 9.69 Å². The van der Waals surface area contributed by atoms with E-state index in [1.807, 2.05) is 0 Å². The number of aliphatic hydroxyl groups excluding tert-OH is 1. The van der Waals surface area contributed by atoms with E-state index in [2.05, 4.69) is 36.2 Å². The summed E-state index contributed by atoms with van der Waals surface area (Å²) >= 11 is 3.49. The molecule has 1 amide bonds. The number of aliphatic hydroxyl groups is 1. The van der Waals surface area contributed by atoms with Gasteiger partial charge in [-0.1, -0.05) is 0 Å². The molecule has 1 aromatic carbocycles. The Kier molecular flexibility index (Phi) is 5.66. The number of hydrogen-bond donors (Lipinski definition) is 2. The van der Waals surface area contributed by atoms with E-state index < -0.39 is 24.1 Å². The minimum Gasteiger partial charge on any atom is -0.451 e. The van der Waals surface area contributed by atoms with Gasteiger partial charge in [-0.3, -0.25) is 19.8 Å². The maximum Gasteiger partial charge on any atom is 0.335 e. The Morgan fingerprint density at radius 3 is 2.70 bits per heavy atom. The number of fused-ring (bicyclic) bond motifs is 1.